The third-order valence-electron chi connectivity index (χ3n) is 5.73. The van der Waals surface area contributed by atoms with Crippen LogP contribution in [0.25, 0.3) is 11.1 Å². The van der Waals surface area contributed by atoms with Crippen molar-refractivity contribution in [1.29, 1.82) is 0 Å². The number of benzene rings is 2. The first-order chi connectivity index (χ1) is 16.2. The van der Waals surface area contributed by atoms with Crippen molar-refractivity contribution in [3.8, 4) is 17.0 Å². The van der Waals surface area contributed by atoms with Crippen LogP contribution >= 0.6 is 11.6 Å². The van der Waals surface area contributed by atoms with Crippen LogP contribution in [0, 0.1) is 5.41 Å². The van der Waals surface area contributed by atoms with E-state index in [1.165, 1.54) is 13.2 Å². The fourth-order valence-corrected chi connectivity index (χ4v) is 3.96. The summed E-state index contributed by atoms with van der Waals surface area (Å²) in [6, 6.07) is 16.1. The molecular weight excluding hydrogens is 460 g/mol. The largest absolute Gasteiger partial charge is 0.481 e. The number of rotatable bonds is 11. The van der Waals surface area contributed by atoms with Crippen molar-refractivity contribution in [2.24, 2.45) is 5.41 Å². The van der Waals surface area contributed by atoms with Crippen molar-refractivity contribution in [1.82, 2.24) is 10.5 Å². The second kappa shape index (κ2) is 11.2. The number of carbonyl (C=O) groups is 2. The first-order valence-electron chi connectivity index (χ1n) is 10.7. The van der Waals surface area contributed by atoms with Gasteiger partial charge in [0.25, 0.3) is 11.8 Å². The number of nitrogens with one attached hydrogen (secondary N) is 1. The Morgan fingerprint density at radius 2 is 1.91 bits per heavy atom. The van der Waals surface area contributed by atoms with Crippen LogP contribution in [0.5, 0.6) is 5.88 Å². The Kier molecular flexibility index (Phi) is 8.31. The normalized spacial score (nSPS) is 13.6. The lowest BCUT2D eigenvalue weighted by Crippen LogP contribution is -2.43. The lowest BCUT2D eigenvalue weighted by atomic mass is 9.79. The maximum absolute atomic E-state index is 12.7. The van der Waals surface area contributed by atoms with Crippen LogP contribution in [-0.4, -0.2) is 47.0 Å². The molecule has 0 spiro atoms. The van der Waals surface area contributed by atoms with Crippen molar-refractivity contribution in [3.05, 3.63) is 70.9 Å². The predicted octanol–water partition coefficient (Wildman–Crippen LogP) is 4.21. The number of aliphatic carboxylic acids is 1. The molecule has 0 aliphatic rings. The summed E-state index contributed by atoms with van der Waals surface area (Å²) in [6.45, 7) is 1.28. The van der Waals surface area contributed by atoms with Crippen LogP contribution in [0.2, 0.25) is 5.02 Å². The smallest absolute Gasteiger partial charge is 0.309 e. The molecule has 1 aromatic heterocycles. The molecule has 9 heteroatoms. The SMILES string of the molecule is COc1cc(C(=O)N[C@H](Cc2ccc(-c3cccc(Cl)c3)cc2)C[C@@](C)(CCO)C(=O)O)on1. The van der Waals surface area contributed by atoms with Gasteiger partial charge in [-0.15, -0.1) is 0 Å². The number of methoxy groups -OCH3 is 1. The number of halogens is 1. The third-order valence-corrected chi connectivity index (χ3v) is 5.96. The molecule has 1 amide bonds. The Labute approximate surface area is 202 Å². The summed E-state index contributed by atoms with van der Waals surface area (Å²) in [5.41, 5.74) is 1.63. The minimum Gasteiger partial charge on any atom is -0.481 e. The quantitative estimate of drug-likeness (QED) is 0.371. The average Bonchev–Trinajstić information content (AvgIpc) is 3.29. The summed E-state index contributed by atoms with van der Waals surface area (Å²) in [7, 11) is 1.41. The maximum atomic E-state index is 12.7. The lowest BCUT2D eigenvalue weighted by Gasteiger charge is -2.29. The molecule has 3 rings (SSSR count). The fourth-order valence-electron chi connectivity index (χ4n) is 3.77. The summed E-state index contributed by atoms with van der Waals surface area (Å²) in [5.74, 6) is -1.46. The highest BCUT2D eigenvalue weighted by Gasteiger charge is 2.36. The Bertz CT molecular complexity index is 1130. The molecule has 3 N–H and O–H groups in total. The van der Waals surface area contributed by atoms with Gasteiger partial charge in [-0.2, -0.15) is 0 Å². The summed E-state index contributed by atoms with van der Waals surface area (Å²) in [5, 5.41) is 26.3. The second-order valence-electron chi connectivity index (χ2n) is 8.36. The summed E-state index contributed by atoms with van der Waals surface area (Å²) >= 11 is 6.09. The van der Waals surface area contributed by atoms with Crippen LogP contribution in [-0.2, 0) is 11.2 Å². The van der Waals surface area contributed by atoms with E-state index in [-0.39, 0.29) is 31.1 Å². The first kappa shape index (κ1) is 25.3. The van der Waals surface area contributed by atoms with Crippen LogP contribution in [0.3, 0.4) is 0 Å². The van der Waals surface area contributed by atoms with Gasteiger partial charge in [0.15, 0.2) is 0 Å². The fraction of sp³-hybridized carbons (Fsp3) is 0.320. The van der Waals surface area contributed by atoms with Gasteiger partial charge in [0.05, 0.1) is 18.6 Å². The molecule has 0 bridgehead atoms. The zero-order valence-electron chi connectivity index (χ0n) is 19.0. The number of aliphatic hydroxyl groups is 1. The number of hydrogen-bond acceptors (Lipinski definition) is 6. The molecule has 0 saturated heterocycles. The van der Waals surface area contributed by atoms with Gasteiger partial charge in [0, 0.05) is 17.7 Å². The highest BCUT2D eigenvalue weighted by atomic mass is 35.5. The van der Waals surface area contributed by atoms with Gasteiger partial charge in [-0.3, -0.25) is 9.59 Å². The van der Waals surface area contributed by atoms with Crippen molar-refractivity contribution in [3.63, 3.8) is 0 Å². The molecule has 0 aliphatic heterocycles. The molecule has 2 atom stereocenters. The molecule has 0 aliphatic carbocycles. The van der Waals surface area contributed by atoms with Crippen molar-refractivity contribution < 1.29 is 29.1 Å². The van der Waals surface area contributed by atoms with E-state index in [0.717, 1.165) is 16.7 Å². The van der Waals surface area contributed by atoms with E-state index in [2.05, 4.69) is 10.5 Å². The molecule has 3 aromatic rings. The molecular formula is C25H27ClN2O6. The van der Waals surface area contributed by atoms with Crippen LogP contribution < -0.4 is 10.1 Å². The van der Waals surface area contributed by atoms with E-state index < -0.39 is 23.3 Å². The van der Waals surface area contributed by atoms with E-state index in [1.54, 1.807) is 6.92 Å². The number of carboxylic acid groups (broad SMARTS) is 1. The molecule has 0 unspecified atom stereocenters. The molecule has 2 aromatic carbocycles. The van der Waals surface area contributed by atoms with E-state index in [1.807, 2.05) is 48.5 Å². The van der Waals surface area contributed by atoms with Crippen LogP contribution in [0.1, 0.15) is 35.9 Å². The van der Waals surface area contributed by atoms with Crippen LogP contribution in [0.15, 0.2) is 59.1 Å². The summed E-state index contributed by atoms with van der Waals surface area (Å²) in [4.78, 5) is 24.7. The number of carbonyl (C=O) groups excluding carboxylic acids is 1. The second-order valence-corrected chi connectivity index (χ2v) is 8.80. The van der Waals surface area contributed by atoms with Crippen molar-refractivity contribution in [2.75, 3.05) is 13.7 Å². The Morgan fingerprint density at radius 1 is 1.18 bits per heavy atom. The summed E-state index contributed by atoms with van der Waals surface area (Å²) < 4.78 is 9.96. The third kappa shape index (κ3) is 6.36. The highest BCUT2D eigenvalue weighted by Crippen LogP contribution is 2.30. The molecule has 1 heterocycles. The molecule has 180 valence electrons. The number of nitrogens with zero attached hydrogens (tertiary/aromatic N) is 1. The number of amides is 1. The molecule has 34 heavy (non-hydrogen) atoms. The Hall–Kier alpha value is -3.36. The first-order valence-corrected chi connectivity index (χ1v) is 11.1. The van der Waals surface area contributed by atoms with Gasteiger partial charge in [-0.25, -0.2) is 0 Å². The van der Waals surface area contributed by atoms with Gasteiger partial charge < -0.3 is 24.8 Å². The number of aliphatic hydroxyl groups excluding tert-OH is 1. The zero-order valence-corrected chi connectivity index (χ0v) is 19.7. The van der Waals surface area contributed by atoms with Crippen molar-refractivity contribution >= 4 is 23.5 Å². The zero-order chi connectivity index (χ0) is 24.7. The van der Waals surface area contributed by atoms with E-state index in [0.29, 0.717) is 11.4 Å². The standard InChI is InChI=1S/C25H27ClN2O6/c1-25(10-11-29,24(31)32)15-20(27-23(30)21-14-22(33-2)28-34-21)12-16-6-8-17(9-7-16)18-4-3-5-19(26)13-18/h3-9,13-14,20,29H,10-12,15H2,1-2H3,(H,27,30)(H,31,32)/t20-,25-/m1/s1. The molecule has 0 fully saturated rings. The molecule has 0 radical (unpaired) electrons. The number of ether oxygens (including phenoxy) is 1. The average molecular weight is 487 g/mol. The molecule has 8 nitrogen and oxygen atoms in total. The summed E-state index contributed by atoms with van der Waals surface area (Å²) in [6.07, 6.45) is 0.537. The number of aromatic nitrogens is 1. The topological polar surface area (TPSA) is 122 Å². The van der Waals surface area contributed by atoms with E-state index in [9.17, 15) is 19.8 Å². The van der Waals surface area contributed by atoms with E-state index in [4.69, 9.17) is 20.9 Å². The van der Waals surface area contributed by atoms with Gasteiger partial charge >= 0.3 is 5.97 Å². The van der Waals surface area contributed by atoms with Gasteiger partial charge in [0.1, 0.15) is 0 Å². The van der Waals surface area contributed by atoms with Gasteiger partial charge in [-0.1, -0.05) is 48.0 Å². The Balaban J connectivity index is 1.82. The maximum Gasteiger partial charge on any atom is 0.309 e. The number of carboxylic acids is 1. The van der Waals surface area contributed by atoms with Gasteiger partial charge in [0.2, 0.25) is 5.76 Å². The van der Waals surface area contributed by atoms with Crippen LogP contribution in [0.4, 0.5) is 0 Å². The predicted molar refractivity (Wildman–Crippen MR) is 127 cm³/mol. The minimum atomic E-state index is -1.23. The number of hydrogen-bond donors (Lipinski definition) is 3. The van der Waals surface area contributed by atoms with Crippen molar-refractivity contribution in [2.45, 2.75) is 32.2 Å². The lowest BCUT2D eigenvalue weighted by molar-refractivity contribution is -0.149. The highest BCUT2D eigenvalue weighted by molar-refractivity contribution is 6.30. The Morgan fingerprint density at radius 3 is 2.50 bits per heavy atom. The monoisotopic (exact) mass is 486 g/mol. The minimum absolute atomic E-state index is 0.0441. The van der Waals surface area contributed by atoms with Gasteiger partial charge in [-0.05, 0) is 60.2 Å². The van der Waals surface area contributed by atoms with E-state index >= 15 is 0 Å². The molecule has 0 saturated carbocycles.